The SMILES string of the molecule is COC1(C)C=Cc2oc3c([nH]c(=O)c4ccccc43)c2C=C1. The first-order valence-corrected chi connectivity index (χ1v) is 7.12. The Morgan fingerprint density at radius 3 is 2.64 bits per heavy atom. The molecule has 0 amide bonds. The number of nitrogens with one attached hydrogen (secondary N) is 1. The molecule has 2 aromatic heterocycles. The molecule has 0 bridgehead atoms. The zero-order chi connectivity index (χ0) is 15.3. The molecule has 1 unspecified atom stereocenters. The number of benzene rings is 1. The van der Waals surface area contributed by atoms with Crippen LogP contribution in [0, 0.1) is 0 Å². The van der Waals surface area contributed by atoms with Crippen molar-refractivity contribution in [2.75, 3.05) is 7.11 Å². The molecule has 1 aromatic carbocycles. The lowest BCUT2D eigenvalue weighted by Gasteiger charge is -2.18. The lowest BCUT2D eigenvalue weighted by atomic mass is 10.1. The molecule has 0 aliphatic heterocycles. The van der Waals surface area contributed by atoms with Crippen LogP contribution in [0.2, 0.25) is 0 Å². The molecule has 2 heterocycles. The Bertz CT molecular complexity index is 1010. The van der Waals surface area contributed by atoms with E-state index in [-0.39, 0.29) is 5.56 Å². The van der Waals surface area contributed by atoms with E-state index in [1.807, 2.05) is 49.4 Å². The Morgan fingerprint density at radius 2 is 1.86 bits per heavy atom. The van der Waals surface area contributed by atoms with Crippen LogP contribution in [-0.4, -0.2) is 17.7 Å². The molecule has 0 saturated carbocycles. The molecule has 3 aromatic rings. The first-order valence-electron chi connectivity index (χ1n) is 7.12. The second-order valence-electron chi connectivity index (χ2n) is 5.64. The van der Waals surface area contributed by atoms with E-state index in [0.717, 1.165) is 22.2 Å². The zero-order valence-corrected chi connectivity index (χ0v) is 12.3. The van der Waals surface area contributed by atoms with Crippen LogP contribution >= 0.6 is 0 Å². The van der Waals surface area contributed by atoms with Gasteiger partial charge in [-0.15, -0.1) is 0 Å². The number of aromatic amines is 1. The number of hydrogen-bond donors (Lipinski definition) is 1. The van der Waals surface area contributed by atoms with Gasteiger partial charge < -0.3 is 14.1 Å². The third-order valence-electron chi connectivity index (χ3n) is 4.22. The van der Waals surface area contributed by atoms with E-state index >= 15 is 0 Å². The Labute approximate surface area is 126 Å². The summed E-state index contributed by atoms with van der Waals surface area (Å²) < 4.78 is 11.5. The predicted octanol–water partition coefficient (Wildman–Crippen LogP) is 3.72. The summed E-state index contributed by atoms with van der Waals surface area (Å²) in [6.07, 6.45) is 7.73. The van der Waals surface area contributed by atoms with Crippen molar-refractivity contribution in [1.29, 1.82) is 0 Å². The number of furan rings is 1. The van der Waals surface area contributed by atoms with E-state index in [1.165, 1.54) is 0 Å². The van der Waals surface area contributed by atoms with Crippen molar-refractivity contribution in [1.82, 2.24) is 4.98 Å². The van der Waals surface area contributed by atoms with Gasteiger partial charge in [0.25, 0.3) is 5.56 Å². The molecule has 0 spiro atoms. The maximum Gasteiger partial charge on any atom is 0.256 e. The summed E-state index contributed by atoms with van der Waals surface area (Å²) in [6, 6.07) is 7.46. The molecule has 4 heteroatoms. The number of fused-ring (bicyclic) bond motifs is 5. The van der Waals surface area contributed by atoms with Crippen molar-refractivity contribution in [2.24, 2.45) is 0 Å². The van der Waals surface area contributed by atoms with E-state index in [4.69, 9.17) is 9.15 Å². The molecule has 110 valence electrons. The van der Waals surface area contributed by atoms with Crippen molar-refractivity contribution >= 4 is 34.0 Å². The second-order valence-corrected chi connectivity index (χ2v) is 5.64. The van der Waals surface area contributed by atoms with Gasteiger partial charge in [0, 0.05) is 18.1 Å². The monoisotopic (exact) mass is 293 g/mol. The van der Waals surface area contributed by atoms with Crippen molar-refractivity contribution in [3.05, 3.63) is 58.1 Å². The summed E-state index contributed by atoms with van der Waals surface area (Å²) in [7, 11) is 1.66. The molecular formula is C18H15NO3. The van der Waals surface area contributed by atoms with Gasteiger partial charge in [0.15, 0.2) is 5.58 Å². The Kier molecular flexibility index (Phi) is 2.65. The van der Waals surface area contributed by atoms with Crippen LogP contribution in [0.15, 0.2) is 45.6 Å². The lowest BCUT2D eigenvalue weighted by Crippen LogP contribution is -2.19. The molecular weight excluding hydrogens is 278 g/mol. The van der Waals surface area contributed by atoms with Gasteiger partial charge in [-0.1, -0.05) is 18.2 Å². The third-order valence-corrected chi connectivity index (χ3v) is 4.22. The molecule has 4 nitrogen and oxygen atoms in total. The highest BCUT2D eigenvalue weighted by Crippen LogP contribution is 2.33. The van der Waals surface area contributed by atoms with Gasteiger partial charge in [0.2, 0.25) is 0 Å². The van der Waals surface area contributed by atoms with Crippen LogP contribution in [-0.2, 0) is 4.74 Å². The van der Waals surface area contributed by atoms with E-state index in [0.29, 0.717) is 11.0 Å². The smallest absolute Gasteiger partial charge is 0.256 e. The van der Waals surface area contributed by atoms with Gasteiger partial charge in [-0.3, -0.25) is 4.79 Å². The maximum atomic E-state index is 12.3. The standard InChI is InChI=1S/C18H15NO3/c1-18(21-2)9-7-13-14(8-10-18)22-16-11-5-3-4-6-12(11)17(20)19-15(13)16/h3-10H,1-2H3,(H,19,20). The summed E-state index contributed by atoms with van der Waals surface area (Å²) >= 11 is 0. The van der Waals surface area contributed by atoms with Gasteiger partial charge in [0.05, 0.1) is 10.9 Å². The fourth-order valence-electron chi connectivity index (χ4n) is 2.81. The first-order chi connectivity index (χ1) is 10.6. The number of H-pyrrole nitrogens is 1. The Morgan fingerprint density at radius 1 is 1.14 bits per heavy atom. The molecule has 1 aliphatic rings. The van der Waals surface area contributed by atoms with Gasteiger partial charge in [-0.25, -0.2) is 0 Å². The van der Waals surface area contributed by atoms with E-state index in [2.05, 4.69) is 4.98 Å². The summed E-state index contributed by atoms with van der Waals surface area (Å²) in [5.41, 5.74) is 1.71. The van der Waals surface area contributed by atoms with Crippen molar-refractivity contribution in [3.8, 4) is 0 Å². The molecule has 0 saturated heterocycles. The minimum atomic E-state index is -0.481. The summed E-state index contributed by atoms with van der Waals surface area (Å²) in [5.74, 6) is 0.721. The average molecular weight is 293 g/mol. The highest BCUT2D eigenvalue weighted by atomic mass is 16.5. The van der Waals surface area contributed by atoms with Gasteiger partial charge >= 0.3 is 0 Å². The Balaban J connectivity index is 2.09. The van der Waals surface area contributed by atoms with E-state index < -0.39 is 5.60 Å². The van der Waals surface area contributed by atoms with Crippen LogP contribution in [0.4, 0.5) is 0 Å². The molecule has 1 aliphatic carbocycles. The Hall–Kier alpha value is -2.59. The quantitative estimate of drug-likeness (QED) is 0.744. The summed E-state index contributed by atoms with van der Waals surface area (Å²) in [4.78, 5) is 15.2. The predicted molar refractivity (Wildman–Crippen MR) is 87.8 cm³/mol. The fraction of sp³-hybridized carbons (Fsp3) is 0.167. The minimum absolute atomic E-state index is 0.108. The first kappa shape index (κ1) is 13.1. The number of pyridine rings is 1. The van der Waals surface area contributed by atoms with Gasteiger partial charge in [-0.05, 0) is 37.3 Å². The largest absolute Gasteiger partial charge is 0.454 e. The van der Waals surface area contributed by atoms with Crippen molar-refractivity contribution < 1.29 is 9.15 Å². The van der Waals surface area contributed by atoms with Gasteiger partial charge in [-0.2, -0.15) is 0 Å². The zero-order valence-electron chi connectivity index (χ0n) is 12.3. The molecule has 0 fully saturated rings. The number of rotatable bonds is 1. The molecule has 1 N–H and O–H groups in total. The van der Waals surface area contributed by atoms with Gasteiger partial charge in [0.1, 0.15) is 11.4 Å². The van der Waals surface area contributed by atoms with Crippen LogP contribution in [0.25, 0.3) is 34.0 Å². The number of ether oxygens (including phenoxy) is 1. The maximum absolute atomic E-state index is 12.3. The minimum Gasteiger partial charge on any atom is -0.454 e. The molecule has 0 radical (unpaired) electrons. The van der Waals surface area contributed by atoms with Crippen molar-refractivity contribution in [2.45, 2.75) is 12.5 Å². The normalized spacial score (nSPS) is 20.5. The van der Waals surface area contributed by atoms with Crippen LogP contribution in [0.3, 0.4) is 0 Å². The van der Waals surface area contributed by atoms with Crippen molar-refractivity contribution in [3.63, 3.8) is 0 Å². The molecule has 1 atom stereocenters. The third kappa shape index (κ3) is 1.77. The average Bonchev–Trinajstić information content (AvgIpc) is 2.80. The number of methoxy groups -OCH3 is 1. The second kappa shape index (κ2) is 4.45. The van der Waals surface area contributed by atoms with Crippen LogP contribution in [0.1, 0.15) is 18.2 Å². The fourth-order valence-corrected chi connectivity index (χ4v) is 2.81. The van der Waals surface area contributed by atoms with E-state index in [1.54, 1.807) is 13.2 Å². The number of hydrogen-bond acceptors (Lipinski definition) is 3. The molecule has 4 rings (SSSR count). The topological polar surface area (TPSA) is 55.2 Å². The highest BCUT2D eigenvalue weighted by Gasteiger charge is 2.22. The van der Waals surface area contributed by atoms with Crippen LogP contribution in [0.5, 0.6) is 0 Å². The highest BCUT2D eigenvalue weighted by molar-refractivity contribution is 6.05. The number of aromatic nitrogens is 1. The van der Waals surface area contributed by atoms with E-state index in [9.17, 15) is 4.79 Å². The molecule has 22 heavy (non-hydrogen) atoms. The van der Waals surface area contributed by atoms with Crippen LogP contribution < -0.4 is 5.56 Å². The lowest BCUT2D eigenvalue weighted by molar-refractivity contribution is 0.0922. The summed E-state index contributed by atoms with van der Waals surface area (Å²) in [5, 5.41) is 1.46. The summed E-state index contributed by atoms with van der Waals surface area (Å²) in [6.45, 7) is 1.96.